The van der Waals surface area contributed by atoms with Crippen molar-refractivity contribution in [1.29, 1.82) is 0 Å². The Morgan fingerprint density at radius 3 is 2.21 bits per heavy atom. The summed E-state index contributed by atoms with van der Waals surface area (Å²) in [4.78, 5) is 17.0. The minimum atomic E-state index is -0.346. The van der Waals surface area contributed by atoms with E-state index >= 15 is 0 Å². The second-order valence-corrected chi connectivity index (χ2v) is 5.53. The third kappa shape index (κ3) is 3.12. The molecule has 3 aromatic rings. The highest BCUT2D eigenvalue weighted by atomic mass is 35.5. The van der Waals surface area contributed by atoms with Gasteiger partial charge in [-0.1, -0.05) is 60.7 Å². The molecule has 0 saturated heterocycles. The Labute approximate surface area is 145 Å². The lowest BCUT2D eigenvalue weighted by molar-refractivity contribution is 0.243. The van der Waals surface area contributed by atoms with Crippen molar-refractivity contribution in [3.05, 3.63) is 60.7 Å². The average Bonchev–Trinajstić information content (AvgIpc) is 2.98. The second-order valence-electron chi connectivity index (χ2n) is 5.16. The van der Waals surface area contributed by atoms with Crippen LogP contribution in [0.1, 0.15) is 0 Å². The first-order valence-corrected chi connectivity index (χ1v) is 8.09. The lowest BCUT2D eigenvalue weighted by Crippen LogP contribution is -2.31. The van der Waals surface area contributed by atoms with Gasteiger partial charge >= 0.3 is 6.03 Å². The zero-order valence-corrected chi connectivity index (χ0v) is 13.7. The van der Waals surface area contributed by atoms with E-state index in [9.17, 15) is 4.79 Å². The highest BCUT2D eigenvalue weighted by molar-refractivity contribution is 6.18. The Balaban J connectivity index is 2.19. The van der Waals surface area contributed by atoms with Gasteiger partial charge in [-0.05, 0) is 0 Å². The molecule has 122 valence electrons. The predicted octanol–water partition coefficient (Wildman–Crippen LogP) is 3.60. The number of nitrogens with two attached hydrogens (primary N) is 1. The van der Waals surface area contributed by atoms with Crippen molar-refractivity contribution in [2.75, 3.05) is 18.2 Å². The van der Waals surface area contributed by atoms with Crippen LogP contribution in [0.5, 0.6) is 0 Å². The van der Waals surface area contributed by atoms with E-state index < -0.39 is 0 Å². The smallest absolute Gasteiger partial charge is 0.328 e. The topological polar surface area (TPSA) is 72.9 Å². The third-order valence-corrected chi connectivity index (χ3v) is 3.76. The number of benzene rings is 2. The molecular formula is C18H17ClN4O. The van der Waals surface area contributed by atoms with Gasteiger partial charge in [0.1, 0.15) is 0 Å². The van der Waals surface area contributed by atoms with Crippen molar-refractivity contribution in [3.8, 4) is 22.5 Å². The molecule has 0 fully saturated rings. The monoisotopic (exact) mass is 340 g/mol. The minimum absolute atomic E-state index is 0.139. The number of nitrogens with one attached hydrogen (secondary N) is 1. The van der Waals surface area contributed by atoms with E-state index in [1.807, 2.05) is 60.7 Å². The maximum atomic E-state index is 12.5. The predicted molar refractivity (Wildman–Crippen MR) is 97.0 cm³/mol. The standard InChI is InChI=1S/C18H17ClN4O/c19-11-12-21-18(24)23-16(14-9-5-2-6-10-14)15(22-17(23)20)13-7-3-1-4-8-13/h1-10H,11-12H2,(H2,20,22)(H,21,24). The number of nitrogens with zero attached hydrogens (tertiary/aromatic N) is 2. The largest absolute Gasteiger partial charge is 0.369 e. The fourth-order valence-corrected chi connectivity index (χ4v) is 2.63. The summed E-state index contributed by atoms with van der Waals surface area (Å²) in [5.74, 6) is 0.465. The molecule has 0 atom stereocenters. The molecular weight excluding hydrogens is 324 g/mol. The minimum Gasteiger partial charge on any atom is -0.369 e. The van der Waals surface area contributed by atoms with E-state index in [1.165, 1.54) is 4.57 Å². The quantitative estimate of drug-likeness (QED) is 0.713. The molecule has 2 aromatic carbocycles. The highest BCUT2D eigenvalue weighted by Crippen LogP contribution is 2.33. The Morgan fingerprint density at radius 2 is 1.62 bits per heavy atom. The van der Waals surface area contributed by atoms with E-state index in [-0.39, 0.29) is 12.0 Å². The zero-order chi connectivity index (χ0) is 16.9. The Hall–Kier alpha value is -2.79. The molecule has 0 aliphatic rings. The number of imidazole rings is 1. The number of nitrogen functional groups attached to an aromatic ring is 1. The molecule has 0 aliphatic heterocycles. The van der Waals surface area contributed by atoms with Gasteiger partial charge in [0.2, 0.25) is 5.95 Å². The fourth-order valence-electron chi connectivity index (χ4n) is 2.54. The third-order valence-electron chi connectivity index (χ3n) is 3.57. The molecule has 0 unspecified atom stereocenters. The fraction of sp³-hybridized carbons (Fsp3) is 0.111. The Bertz CT molecular complexity index is 831. The highest BCUT2D eigenvalue weighted by Gasteiger charge is 2.22. The molecule has 6 heteroatoms. The van der Waals surface area contributed by atoms with Gasteiger partial charge in [0.05, 0.1) is 11.4 Å². The van der Waals surface area contributed by atoms with Crippen LogP contribution >= 0.6 is 11.6 Å². The summed E-state index contributed by atoms with van der Waals surface area (Å²) in [6, 6.07) is 18.9. The summed E-state index contributed by atoms with van der Waals surface area (Å²) in [5, 5.41) is 2.74. The number of anilines is 1. The number of amides is 1. The number of carbonyl (C=O) groups excluding carboxylic acids is 1. The Morgan fingerprint density at radius 1 is 1.04 bits per heavy atom. The molecule has 3 rings (SSSR count). The first-order chi connectivity index (χ1) is 11.7. The zero-order valence-electron chi connectivity index (χ0n) is 12.9. The van der Waals surface area contributed by atoms with Gasteiger partial charge in [-0.25, -0.2) is 14.3 Å². The number of alkyl halides is 1. The van der Waals surface area contributed by atoms with Crippen LogP contribution in [0.15, 0.2) is 60.7 Å². The van der Waals surface area contributed by atoms with Gasteiger partial charge < -0.3 is 11.1 Å². The molecule has 0 spiro atoms. The van der Waals surface area contributed by atoms with E-state index in [0.29, 0.717) is 23.8 Å². The first kappa shape index (κ1) is 16.1. The van der Waals surface area contributed by atoms with Crippen LogP contribution < -0.4 is 11.1 Å². The van der Waals surface area contributed by atoms with Crippen molar-refractivity contribution in [2.24, 2.45) is 0 Å². The van der Waals surface area contributed by atoms with Crippen LogP contribution in [-0.4, -0.2) is 28.0 Å². The number of hydrogen-bond acceptors (Lipinski definition) is 3. The molecule has 0 aliphatic carbocycles. The molecule has 5 nitrogen and oxygen atoms in total. The number of halogens is 1. The molecule has 0 bridgehead atoms. The number of hydrogen-bond donors (Lipinski definition) is 2. The van der Waals surface area contributed by atoms with Gasteiger partial charge in [-0.3, -0.25) is 0 Å². The first-order valence-electron chi connectivity index (χ1n) is 7.55. The van der Waals surface area contributed by atoms with Crippen molar-refractivity contribution in [3.63, 3.8) is 0 Å². The maximum absolute atomic E-state index is 12.5. The summed E-state index contributed by atoms with van der Waals surface area (Å²) in [7, 11) is 0. The molecule has 24 heavy (non-hydrogen) atoms. The lowest BCUT2D eigenvalue weighted by atomic mass is 10.0. The van der Waals surface area contributed by atoms with E-state index in [4.69, 9.17) is 17.3 Å². The number of aromatic nitrogens is 2. The molecule has 1 amide bonds. The van der Waals surface area contributed by atoms with Gasteiger partial charge in [-0.2, -0.15) is 0 Å². The molecule has 0 saturated carbocycles. The van der Waals surface area contributed by atoms with Crippen molar-refractivity contribution in [1.82, 2.24) is 14.9 Å². The number of carbonyl (C=O) groups is 1. The molecule has 1 heterocycles. The average molecular weight is 341 g/mol. The molecule has 0 radical (unpaired) electrons. The van der Waals surface area contributed by atoms with Crippen LogP contribution in [0.3, 0.4) is 0 Å². The molecule has 3 N–H and O–H groups in total. The summed E-state index contributed by atoms with van der Waals surface area (Å²) in [6.07, 6.45) is 0. The van der Waals surface area contributed by atoms with E-state index in [0.717, 1.165) is 11.1 Å². The second kappa shape index (κ2) is 7.19. The van der Waals surface area contributed by atoms with Gasteiger partial charge in [-0.15, -0.1) is 11.6 Å². The summed E-state index contributed by atoms with van der Waals surface area (Å²) >= 11 is 5.66. The van der Waals surface area contributed by atoms with Gasteiger partial charge in [0.25, 0.3) is 0 Å². The normalized spacial score (nSPS) is 10.5. The van der Waals surface area contributed by atoms with Crippen molar-refractivity contribution >= 4 is 23.6 Å². The SMILES string of the molecule is Nc1nc(-c2ccccc2)c(-c2ccccc2)n1C(=O)NCCCl. The summed E-state index contributed by atoms with van der Waals surface area (Å²) < 4.78 is 1.39. The lowest BCUT2D eigenvalue weighted by Gasteiger charge is -2.11. The molecule has 1 aromatic heterocycles. The van der Waals surface area contributed by atoms with E-state index in [2.05, 4.69) is 10.3 Å². The van der Waals surface area contributed by atoms with Gasteiger partial charge in [0, 0.05) is 23.6 Å². The maximum Gasteiger partial charge on any atom is 0.328 e. The number of rotatable bonds is 4. The van der Waals surface area contributed by atoms with Crippen LogP contribution in [-0.2, 0) is 0 Å². The van der Waals surface area contributed by atoms with Crippen LogP contribution in [0, 0.1) is 0 Å². The van der Waals surface area contributed by atoms with E-state index in [1.54, 1.807) is 0 Å². The summed E-state index contributed by atoms with van der Waals surface area (Å²) in [6.45, 7) is 0.354. The summed E-state index contributed by atoms with van der Waals surface area (Å²) in [5.41, 5.74) is 9.13. The Kier molecular flexibility index (Phi) is 4.82. The van der Waals surface area contributed by atoms with Crippen LogP contribution in [0.4, 0.5) is 10.7 Å². The van der Waals surface area contributed by atoms with Gasteiger partial charge in [0.15, 0.2) is 0 Å². The van der Waals surface area contributed by atoms with Crippen molar-refractivity contribution in [2.45, 2.75) is 0 Å². The van der Waals surface area contributed by atoms with Crippen LogP contribution in [0.2, 0.25) is 0 Å². The van der Waals surface area contributed by atoms with Crippen molar-refractivity contribution < 1.29 is 4.79 Å². The van der Waals surface area contributed by atoms with Crippen LogP contribution in [0.25, 0.3) is 22.5 Å².